The molecule has 31 heavy (non-hydrogen) atoms. The molecule has 0 aliphatic heterocycles. The molecule has 0 radical (unpaired) electrons. The van der Waals surface area contributed by atoms with Crippen LogP contribution in [0.3, 0.4) is 0 Å². The van der Waals surface area contributed by atoms with Crippen molar-refractivity contribution in [3.8, 4) is 0 Å². The van der Waals surface area contributed by atoms with Gasteiger partial charge in [0.1, 0.15) is 11.6 Å². The molecule has 1 aromatic carbocycles. The Labute approximate surface area is 178 Å². The fourth-order valence-electron chi connectivity index (χ4n) is 3.57. The van der Waals surface area contributed by atoms with Gasteiger partial charge in [0, 0.05) is 43.5 Å². The first-order valence-electron chi connectivity index (χ1n) is 10.00. The first-order valence-corrected chi connectivity index (χ1v) is 10.00. The third kappa shape index (κ3) is 5.83. The standard InChI is InChI=1S/C21H25F4N5O/c1-12-10-18(30(2)3)29-20(26-12)28-15-7-5-14(6-8-15)27-19(31)13-4-9-16(17(22)11-13)21(23,24)25/h4,9-11,14-15H,5-8H2,1-3H3,(H,27,31)(H,26,28,29). The molecule has 0 unspecified atom stereocenters. The molecule has 0 saturated heterocycles. The molecular weight excluding hydrogens is 414 g/mol. The van der Waals surface area contributed by atoms with Crippen molar-refractivity contribution in [2.24, 2.45) is 0 Å². The van der Waals surface area contributed by atoms with Crippen molar-refractivity contribution < 1.29 is 22.4 Å². The second-order valence-electron chi connectivity index (χ2n) is 7.94. The summed E-state index contributed by atoms with van der Waals surface area (Å²) >= 11 is 0. The number of benzene rings is 1. The summed E-state index contributed by atoms with van der Waals surface area (Å²) in [6.07, 6.45) is -1.90. The van der Waals surface area contributed by atoms with Gasteiger partial charge >= 0.3 is 6.18 Å². The third-order valence-corrected chi connectivity index (χ3v) is 5.23. The molecule has 168 valence electrons. The van der Waals surface area contributed by atoms with E-state index in [1.165, 1.54) is 0 Å². The molecule has 3 rings (SSSR count). The number of carbonyl (C=O) groups excluding carboxylic acids is 1. The van der Waals surface area contributed by atoms with Gasteiger partial charge in [0.15, 0.2) is 0 Å². The van der Waals surface area contributed by atoms with Crippen LogP contribution in [0.1, 0.15) is 47.3 Å². The highest BCUT2D eigenvalue weighted by Gasteiger charge is 2.34. The Balaban J connectivity index is 1.55. The number of carbonyl (C=O) groups is 1. The van der Waals surface area contributed by atoms with Gasteiger partial charge in [-0.3, -0.25) is 4.79 Å². The van der Waals surface area contributed by atoms with Crippen LogP contribution in [-0.4, -0.2) is 42.1 Å². The van der Waals surface area contributed by atoms with E-state index in [2.05, 4.69) is 20.6 Å². The zero-order valence-electron chi connectivity index (χ0n) is 17.6. The van der Waals surface area contributed by atoms with Gasteiger partial charge in [0.25, 0.3) is 5.91 Å². The number of hydrogen-bond acceptors (Lipinski definition) is 5. The molecule has 1 saturated carbocycles. The van der Waals surface area contributed by atoms with Crippen molar-refractivity contribution in [3.63, 3.8) is 0 Å². The van der Waals surface area contributed by atoms with E-state index in [0.717, 1.165) is 30.4 Å². The van der Waals surface area contributed by atoms with Gasteiger partial charge < -0.3 is 15.5 Å². The van der Waals surface area contributed by atoms with Gasteiger partial charge in [-0.1, -0.05) is 0 Å². The summed E-state index contributed by atoms with van der Waals surface area (Å²) in [6.45, 7) is 1.90. The lowest BCUT2D eigenvalue weighted by Gasteiger charge is -2.30. The average molecular weight is 439 g/mol. The highest BCUT2D eigenvalue weighted by molar-refractivity contribution is 5.94. The molecule has 1 heterocycles. The minimum atomic E-state index is -4.79. The molecule has 2 aromatic rings. The summed E-state index contributed by atoms with van der Waals surface area (Å²) in [5, 5.41) is 6.12. The van der Waals surface area contributed by atoms with Crippen LogP contribution in [0.5, 0.6) is 0 Å². The van der Waals surface area contributed by atoms with Crippen LogP contribution in [0, 0.1) is 12.7 Å². The van der Waals surface area contributed by atoms with Crippen LogP contribution in [0.15, 0.2) is 24.3 Å². The van der Waals surface area contributed by atoms with E-state index in [1.807, 2.05) is 32.0 Å². The van der Waals surface area contributed by atoms with Crippen molar-refractivity contribution in [1.29, 1.82) is 0 Å². The number of rotatable bonds is 5. The lowest BCUT2D eigenvalue weighted by atomic mass is 9.91. The Kier molecular flexibility index (Phi) is 6.66. The molecule has 1 aliphatic rings. The minimum absolute atomic E-state index is 0.130. The topological polar surface area (TPSA) is 70.2 Å². The SMILES string of the molecule is Cc1cc(N(C)C)nc(NC2CCC(NC(=O)c3ccc(C(F)(F)F)c(F)c3)CC2)n1. The lowest BCUT2D eigenvalue weighted by Crippen LogP contribution is -2.40. The van der Waals surface area contributed by atoms with Crippen molar-refractivity contribution in [3.05, 3.63) is 46.9 Å². The molecule has 10 heteroatoms. The lowest BCUT2D eigenvalue weighted by molar-refractivity contribution is -0.140. The smallest absolute Gasteiger partial charge is 0.363 e. The fraction of sp³-hybridized carbons (Fsp3) is 0.476. The van der Waals surface area contributed by atoms with Gasteiger partial charge in [-0.25, -0.2) is 9.37 Å². The predicted octanol–water partition coefficient (Wildman–Crippen LogP) is 4.16. The van der Waals surface area contributed by atoms with Crippen LogP contribution in [0.4, 0.5) is 29.3 Å². The third-order valence-electron chi connectivity index (χ3n) is 5.23. The number of hydrogen-bond donors (Lipinski definition) is 2. The second-order valence-corrected chi connectivity index (χ2v) is 7.94. The summed E-state index contributed by atoms with van der Waals surface area (Å²) in [7, 11) is 3.81. The molecule has 0 spiro atoms. The Hall–Kier alpha value is -2.91. The Morgan fingerprint density at radius 3 is 2.29 bits per heavy atom. The van der Waals surface area contributed by atoms with Gasteiger partial charge in [-0.2, -0.15) is 18.2 Å². The van der Waals surface area contributed by atoms with E-state index >= 15 is 0 Å². The molecule has 0 bridgehead atoms. The van der Waals surface area contributed by atoms with Gasteiger partial charge in [0.2, 0.25) is 5.95 Å². The van der Waals surface area contributed by atoms with E-state index in [0.29, 0.717) is 30.9 Å². The second kappa shape index (κ2) is 9.07. The van der Waals surface area contributed by atoms with E-state index < -0.39 is 23.5 Å². The summed E-state index contributed by atoms with van der Waals surface area (Å²) in [5.74, 6) is -0.680. The quantitative estimate of drug-likeness (QED) is 0.685. The molecule has 0 atom stereocenters. The Morgan fingerprint density at radius 1 is 1.06 bits per heavy atom. The summed E-state index contributed by atoms with van der Waals surface area (Å²) in [6, 6.07) is 4.12. The molecule has 6 nitrogen and oxygen atoms in total. The van der Waals surface area contributed by atoms with Crippen LogP contribution < -0.4 is 15.5 Å². The summed E-state index contributed by atoms with van der Waals surface area (Å²) in [5.41, 5.74) is -0.660. The van der Waals surface area contributed by atoms with Crippen LogP contribution in [-0.2, 0) is 6.18 Å². The van der Waals surface area contributed by atoms with Crippen molar-refractivity contribution in [2.45, 2.75) is 50.9 Å². The molecule has 1 aliphatic carbocycles. The summed E-state index contributed by atoms with van der Waals surface area (Å²) in [4.78, 5) is 23.1. The van der Waals surface area contributed by atoms with Gasteiger partial charge in [0.05, 0.1) is 5.56 Å². The van der Waals surface area contributed by atoms with E-state index in [-0.39, 0.29) is 17.6 Å². The largest absolute Gasteiger partial charge is 0.419 e. The maximum atomic E-state index is 13.7. The number of aromatic nitrogens is 2. The molecule has 1 amide bonds. The maximum absolute atomic E-state index is 13.7. The Bertz CT molecular complexity index is 940. The Morgan fingerprint density at radius 2 is 1.71 bits per heavy atom. The molecular formula is C21H25F4N5O. The number of aryl methyl sites for hydroxylation is 1. The van der Waals surface area contributed by atoms with Crippen LogP contribution >= 0.6 is 0 Å². The minimum Gasteiger partial charge on any atom is -0.363 e. The maximum Gasteiger partial charge on any atom is 0.419 e. The monoisotopic (exact) mass is 439 g/mol. The molecule has 1 aromatic heterocycles. The number of nitrogens with one attached hydrogen (secondary N) is 2. The fourth-order valence-corrected chi connectivity index (χ4v) is 3.57. The molecule has 2 N–H and O–H groups in total. The van der Waals surface area contributed by atoms with E-state index in [1.54, 1.807) is 0 Å². The van der Waals surface area contributed by atoms with Crippen LogP contribution in [0.25, 0.3) is 0 Å². The van der Waals surface area contributed by atoms with E-state index in [9.17, 15) is 22.4 Å². The number of anilines is 2. The van der Waals surface area contributed by atoms with Gasteiger partial charge in [-0.15, -0.1) is 0 Å². The first-order chi connectivity index (χ1) is 14.5. The first kappa shape index (κ1) is 22.8. The predicted molar refractivity (Wildman–Crippen MR) is 110 cm³/mol. The van der Waals surface area contributed by atoms with Crippen molar-refractivity contribution >= 4 is 17.7 Å². The van der Waals surface area contributed by atoms with Crippen molar-refractivity contribution in [1.82, 2.24) is 15.3 Å². The van der Waals surface area contributed by atoms with Gasteiger partial charge in [-0.05, 0) is 50.8 Å². The number of alkyl halides is 3. The number of nitrogens with zero attached hydrogens (tertiary/aromatic N) is 3. The summed E-state index contributed by atoms with van der Waals surface area (Å²) < 4.78 is 51.7. The highest BCUT2D eigenvalue weighted by Crippen LogP contribution is 2.31. The van der Waals surface area contributed by atoms with Crippen LogP contribution in [0.2, 0.25) is 0 Å². The zero-order valence-corrected chi connectivity index (χ0v) is 17.6. The number of halogens is 4. The highest BCUT2D eigenvalue weighted by atomic mass is 19.4. The van der Waals surface area contributed by atoms with E-state index in [4.69, 9.17) is 0 Å². The zero-order chi connectivity index (χ0) is 22.8. The number of amides is 1. The normalized spacial score (nSPS) is 19.1. The van der Waals surface area contributed by atoms with Crippen molar-refractivity contribution in [2.75, 3.05) is 24.3 Å². The average Bonchev–Trinajstić information content (AvgIpc) is 2.68. The molecule has 1 fully saturated rings.